The first-order valence-corrected chi connectivity index (χ1v) is 3.93. The molecule has 0 radical (unpaired) electrons. The molecule has 1 heterocycles. The van der Waals surface area contributed by atoms with Gasteiger partial charge in [-0.1, -0.05) is 15.9 Å². The number of hydrogen-bond acceptors (Lipinski definition) is 3. The molecule has 54 valence electrons. The van der Waals surface area contributed by atoms with Crippen LogP contribution in [-0.2, 0) is 4.74 Å². The van der Waals surface area contributed by atoms with Gasteiger partial charge in [-0.15, -0.1) is 0 Å². The highest BCUT2D eigenvalue weighted by molar-refractivity contribution is 9.09. The molecule has 1 aliphatic heterocycles. The molecule has 0 unspecified atom stereocenters. The number of aliphatic hydroxyl groups is 2. The minimum Gasteiger partial charge on any atom is -0.390 e. The van der Waals surface area contributed by atoms with Crippen LogP contribution in [0.2, 0.25) is 0 Å². The predicted octanol–water partition coefficient (Wildman–Crippen LogP) is -0.151. The van der Waals surface area contributed by atoms with Crippen LogP contribution in [0.25, 0.3) is 0 Å². The normalized spacial score (nSPS) is 43.7. The van der Waals surface area contributed by atoms with Crippen molar-refractivity contribution in [3.8, 4) is 0 Å². The molecule has 1 rings (SSSR count). The van der Waals surface area contributed by atoms with Crippen molar-refractivity contribution < 1.29 is 14.9 Å². The van der Waals surface area contributed by atoms with Crippen LogP contribution in [0, 0.1) is 0 Å². The number of halogens is 1. The number of ether oxygens (including phenoxy) is 1. The van der Waals surface area contributed by atoms with Crippen molar-refractivity contribution in [2.75, 3.05) is 5.33 Å². The highest BCUT2D eigenvalue weighted by atomic mass is 79.9. The molecule has 2 N–H and O–H groups in total. The second kappa shape index (κ2) is 2.96. The van der Waals surface area contributed by atoms with Crippen molar-refractivity contribution in [2.45, 2.75) is 24.9 Å². The zero-order valence-corrected chi connectivity index (χ0v) is 6.41. The van der Waals surface area contributed by atoms with E-state index >= 15 is 0 Å². The lowest BCUT2D eigenvalue weighted by Crippen LogP contribution is -2.21. The quantitative estimate of drug-likeness (QED) is 0.574. The molecule has 0 amide bonds. The first-order chi connectivity index (χ1) is 4.24. The molecular weight excluding hydrogens is 188 g/mol. The molecule has 1 saturated heterocycles. The summed E-state index contributed by atoms with van der Waals surface area (Å²) in [6.45, 7) is 0. The summed E-state index contributed by atoms with van der Waals surface area (Å²) in [6.07, 6.45) is -1.20. The summed E-state index contributed by atoms with van der Waals surface area (Å²) in [6, 6.07) is 0. The van der Waals surface area contributed by atoms with Gasteiger partial charge in [0.15, 0.2) is 6.29 Å². The van der Waals surface area contributed by atoms with E-state index in [1.165, 1.54) is 0 Å². The smallest absolute Gasteiger partial charge is 0.157 e. The molecule has 4 heteroatoms. The van der Waals surface area contributed by atoms with Gasteiger partial charge in [0.05, 0.1) is 12.2 Å². The second-order valence-corrected chi connectivity index (χ2v) is 2.73. The van der Waals surface area contributed by atoms with Gasteiger partial charge in [-0.3, -0.25) is 0 Å². The molecule has 0 aromatic rings. The molecule has 0 bridgehead atoms. The lowest BCUT2D eigenvalue weighted by molar-refractivity contribution is -0.0871. The minimum absolute atomic E-state index is 0.236. The Labute approximate surface area is 61.8 Å². The average Bonchev–Trinajstić information content (AvgIpc) is 2.10. The average molecular weight is 197 g/mol. The third-order valence-corrected chi connectivity index (χ3v) is 1.99. The van der Waals surface area contributed by atoms with E-state index in [-0.39, 0.29) is 6.10 Å². The van der Waals surface area contributed by atoms with Crippen LogP contribution in [0.15, 0.2) is 0 Å². The summed E-state index contributed by atoms with van der Waals surface area (Å²) in [5, 5.41) is 18.4. The van der Waals surface area contributed by atoms with E-state index in [9.17, 15) is 0 Å². The van der Waals surface area contributed by atoms with E-state index in [0.717, 1.165) is 0 Å². The van der Waals surface area contributed by atoms with Gasteiger partial charge in [-0.25, -0.2) is 0 Å². The van der Waals surface area contributed by atoms with Crippen molar-refractivity contribution in [1.82, 2.24) is 0 Å². The van der Waals surface area contributed by atoms with Crippen molar-refractivity contribution in [2.24, 2.45) is 0 Å². The maximum absolute atomic E-state index is 9.04. The van der Waals surface area contributed by atoms with Gasteiger partial charge in [0, 0.05) is 11.8 Å². The van der Waals surface area contributed by atoms with Gasteiger partial charge in [0.1, 0.15) is 0 Å². The van der Waals surface area contributed by atoms with Gasteiger partial charge < -0.3 is 14.9 Å². The Balaban J connectivity index is 2.38. The lowest BCUT2D eigenvalue weighted by atomic mass is 10.2. The molecule has 3 nitrogen and oxygen atoms in total. The fourth-order valence-corrected chi connectivity index (χ4v) is 1.43. The summed E-state index contributed by atoms with van der Waals surface area (Å²) >= 11 is 3.15. The highest BCUT2D eigenvalue weighted by Gasteiger charge is 2.31. The molecule has 9 heavy (non-hydrogen) atoms. The Bertz CT molecular complexity index is 98.2. The molecule has 0 aromatic carbocycles. The fourth-order valence-electron chi connectivity index (χ4n) is 0.846. The van der Waals surface area contributed by atoms with E-state index in [2.05, 4.69) is 15.9 Å². The highest BCUT2D eigenvalue weighted by Crippen LogP contribution is 2.19. The van der Waals surface area contributed by atoms with Crippen LogP contribution in [0.1, 0.15) is 6.42 Å². The van der Waals surface area contributed by atoms with Gasteiger partial charge in [-0.05, 0) is 0 Å². The van der Waals surface area contributed by atoms with Crippen LogP contribution in [-0.4, -0.2) is 34.0 Å². The van der Waals surface area contributed by atoms with E-state index < -0.39 is 12.4 Å². The Morgan fingerprint density at radius 3 is 2.44 bits per heavy atom. The second-order valence-electron chi connectivity index (χ2n) is 2.09. The summed E-state index contributed by atoms with van der Waals surface area (Å²) in [7, 11) is 0. The number of rotatable bonds is 1. The summed E-state index contributed by atoms with van der Waals surface area (Å²) < 4.78 is 4.88. The zero-order chi connectivity index (χ0) is 6.85. The third-order valence-electron chi connectivity index (χ3n) is 1.36. The zero-order valence-electron chi connectivity index (χ0n) is 4.83. The molecule has 0 aromatic heterocycles. The first-order valence-electron chi connectivity index (χ1n) is 2.81. The number of aliphatic hydroxyl groups excluding tert-OH is 2. The molecule has 0 spiro atoms. The van der Waals surface area contributed by atoms with E-state index in [0.29, 0.717) is 11.8 Å². The molecule has 0 saturated carbocycles. The Morgan fingerprint density at radius 1 is 1.56 bits per heavy atom. The first kappa shape index (κ1) is 7.47. The standard InChI is InChI=1S/C5H9BrO3/c6-2-4-3(7)1-5(8)9-4/h3-5,7-8H,1-2H2/t3-,4+,5-/m0/s1. The van der Waals surface area contributed by atoms with E-state index in [4.69, 9.17) is 14.9 Å². The van der Waals surface area contributed by atoms with Crippen LogP contribution >= 0.6 is 15.9 Å². The lowest BCUT2D eigenvalue weighted by Gasteiger charge is -2.07. The van der Waals surface area contributed by atoms with Gasteiger partial charge in [-0.2, -0.15) is 0 Å². The van der Waals surface area contributed by atoms with Crippen molar-refractivity contribution in [3.05, 3.63) is 0 Å². The van der Waals surface area contributed by atoms with E-state index in [1.807, 2.05) is 0 Å². The van der Waals surface area contributed by atoms with Crippen LogP contribution in [0.3, 0.4) is 0 Å². The monoisotopic (exact) mass is 196 g/mol. The Morgan fingerprint density at radius 2 is 2.22 bits per heavy atom. The summed E-state index contributed by atoms with van der Waals surface area (Å²) in [5.74, 6) is 0. The summed E-state index contributed by atoms with van der Waals surface area (Å²) in [5.41, 5.74) is 0. The van der Waals surface area contributed by atoms with E-state index in [1.54, 1.807) is 0 Å². The van der Waals surface area contributed by atoms with Gasteiger partial charge in [0.2, 0.25) is 0 Å². The molecular formula is C5H9BrO3. The molecule has 1 fully saturated rings. The van der Waals surface area contributed by atoms with Crippen molar-refractivity contribution in [1.29, 1.82) is 0 Å². The third kappa shape index (κ3) is 1.64. The SMILES string of the molecule is O[C@@H]1C[C@H](O)[C@@H](CBr)O1. The molecule has 3 atom stereocenters. The predicted molar refractivity (Wildman–Crippen MR) is 35.3 cm³/mol. The number of hydrogen-bond donors (Lipinski definition) is 2. The van der Waals surface area contributed by atoms with Crippen LogP contribution < -0.4 is 0 Å². The van der Waals surface area contributed by atoms with Crippen LogP contribution in [0.4, 0.5) is 0 Å². The molecule has 0 aliphatic carbocycles. The Hall–Kier alpha value is 0.360. The topological polar surface area (TPSA) is 49.7 Å². The van der Waals surface area contributed by atoms with Gasteiger partial charge in [0.25, 0.3) is 0 Å². The maximum Gasteiger partial charge on any atom is 0.157 e. The maximum atomic E-state index is 9.04. The van der Waals surface area contributed by atoms with Crippen molar-refractivity contribution in [3.63, 3.8) is 0 Å². The number of alkyl halides is 1. The van der Waals surface area contributed by atoms with Crippen molar-refractivity contribution >= 4 is 15.9 Å². The molecule has 1 aliphatic rings. The van der Waals surface area contributed by atoms with Crippen LogP contribution in [0.5, 0.6) is 0 Å². The summed E-state index contributed by atoms with van der Waals surface area (Å²) in [4.78, 5) is 0. The fraction of sp³-hybridized carbons (Fsp3) is 1.00. The minimum atomic E-state index is -0.775. The van der Waals surface area contributed by atoms with Gasteiger partial charge >= 0.3 is 0 Å². The Kier molecular flexibility index (Phi) is 2.46. The largest absolute Gasteiger partial charge is 0.390 e.